The first kappa shape index (κ1) is 23.4. The van der Waals surface area contributed by atoms with Gasteiger partial charge in [0.25, 0.3) is 15.9 Å². The lowest BCUT2D eigenvalue weighted by molar-refractivity contribution is 0.0746. The number of sulfonamides is 1. The zero-order valence-electron chi connectivity index (χ0n) is 18.6. The molecule has 1 aliphatic heterocycles. The number of nitrogens with zero attached hydrogens (tertiary/aromatic N) is 2. The molecule has 0 aliphatic carbocycles. The summed E-state index contributed by atoms with van der Waals surface area (Å²) in [6.45, 7) is 3.13. The Bertz CT molecular complexity index is 1300. The third-order valence-electron chi connectivity index (χ3n) is 5.70. The number of carbonyl (C=O) groups is 2. The van der Waals surface area contributed by atoms with E-state index in [1.807, 2.05) is 4.90 Å². The average Bonchev–Trinajstić information content (AvgIpc) is 2.84. The van der Waals surface area contributed by atoms with Gasteiger partial charge in [-0.3, -0.25) is 14.3 Å². The summed E-state index contributed by atoms with van der Waals surface area (Å²) in [5, 5.41) is 0. The number of hydrogen-bond donors (Lipinski definition) is 1. The summed E-state index contributed by atoms with van der Waals surface area (Å²) in [6, 6.07) is 18.7. The Labute approximate surface area is 197 Å². The highest BCUT2D eigenvalue weighted by Crippen LogP contribution is 2.23. The fourth-order valence-electron chi connectivity index (χ4n) is 3.81. The van der Waals surface area contributed by atoms with E-state index in [1.165, 1.54) is 25.1 Å². The van der Waals surface area contributed by atoms with E-state index in [0.29, 0.717) is 48.7 Å². The molecule has 0 bridgehead atoms. The van der Waals surface area contributed by atoms with Gasteiger partial charge in [-0.1, -0.05) is 18.2 Å². The largest absolute Gasteiger partial charge is 0.366 e. The predicted molar refractivity (Wildman–Crippen MR) is 128 cm³/mol. The predicted octanol–water partition coefficient (Wildman–Crippen LogP) is 3.79. The molecule has 0 unspecified atom stereocenters. The van der Waals surface area contributed by atoms with Crippen LogP contribution in [-0.2, 0) is 10.0 Å². The van der Waals surface area contributed by atoms with Crippen molar-refractivity contribution in [2.45, 2.75) is 11.8 Å². The van der Waals surface area contributed by atoms with Crippen LogP contribution in [0, 0.1) is 5.82 Å². The second-order valence-corrected chi connectivity index (χ2v) is 9.68. The molecule has 176 valence electrons. The monoisotopic (exact) mass is 481 g/mol. The van der Waals surface area contributed by atoms with Gasteiger partial charge in [-0.25, -0.2) is 12.8 Å². The fourth-order valence-corrected chi connectivity index (χ4v) is 4.89. The van der Waals surface area contributed by atoms with Crippen LogP contribution in [-0.4, -0.2) is 51.2 Å². The van der Waals surface area contributed by atoms with Crippen molar-refractivity contribution in [1.29, 1.82) is 0 Å². The molecule has 1 saturated heterocycles. The summed E-state index contributed by atoms with van der Waals surface area (Å²) in [6.07, 6.45) is 0. The van der Waals surface area contributed by atoms with Gasteiger partial charge in [0.2, 0.25) is 0 Å². The molecule has 9 heteroatoms. The summed E-state index contributed by atoms with van der Waals surface area (Å²) in [7, 11) is -3.71. The zero-order valence-corrected chi connectivity index (χ0v) is 19.4. The van der Waals surface area contributed by atoms with Crippen molar-refractivity contribution in [1.82, 2.24) is 4.90 Å². The van der Waals surface area contributed by atoms with E-state index in [-0.39, 0.29) is 16.6 Å². The smallest absolute Gasteiger partial charge is 0.261 e. The van der Waals surface area contributed by atoms with Crippen LogP contribution in [0.2, 0.25) is 0 Å². The van der Waals surface area contributed by atoms with Crippen molar-refractivity contribution in [3.63, 3.8) is 0 Å². The topological polar surface area (TPSA) is 86.8 Å². The zero-order chi connectivity index (χ0) is 24.3. The normalized spacial score (nSPS) is 14.1. The Hall–Kier alpha value is -3.72. The number of nitrogens with one attached hydrogen (secondary N) is 1. The van der Waals surface area contributed by atoms with Crippen LogP contribution in [0.5, 0.6) is 0 Å². The molecule has 0 atom stereocenters. The lowest BCUT2D eigenvalue weighted by Gasteiger charge is -2.36. The maximum atomic E-state index is 14.5. The van der Waals surface area contributed by atoms with Gasteiger partial charge in [-0.15, -0.1) is 0 Å². The highest BCUT2D eigenvalue weighted by atomic mass is 32.2. The number of Topliss-reactive ketones (excluding diaryl/α,β-unsaturated/α-hetero) is 1. The average molecular weight is 482 g/mol. The number of piperazine rings is 1. The Morgan fingerprint density at radius 1 is 0.853 bits per heavy atom. The first-order valence-corrected chi connectivity index (χ1v) is 12.3. The number of benzene rings is 3. The van der Waals surface area contributed by atoms with Crippen molar-refractivity contribution < 1.29 is 22.4 Å². The third kappa shape index (κ3) is 5.09. The number of ketones is 1. The first-order valence-electron chi connectivity index (χ1n) is 10.8. The van der Waals surface area contributed by atoms with Gasteiger partial charge in [0, 0.05) is 43.0 Å². The molecule has 1 amide bonds. The molecule has 1 aliphatic rings. The second-order valence-electron chi connectivity index (χ2n) is 8.00. The minimum Gasteiger partial charge on any atom is -0.366 e. The number of anilines is 2. The summed E-state index contributed by atoms with van der Waals surface area (Å²) >= 11 is 0. The maximum Gasteiger partial charge on any atom is 0.261 e. The number of amides is 1. The Balaban J connectivity index is 1.37. The Morgan fingerprint density at radius 2 is 1.47 bits per heavy atom. The molecule has 4 rings (SSSR count). The molecular formula is C25H24FN3O4S. The lowest BCUT2D eigenvalue weighted by atomic mass is 10.1. The molecule has 0 aromatic heterocycles. The molecule has 1 fully saturated rings. The van der Waals surface area contributed by atoms with Gasteiger partial charge in [0.1, 0.15) is 5.82 Å². The van der Waals surface area contributed by atoms with Crippen LogP contribution in [0.4, 0.5) is 15.8 Å². The molecule has 0 saturated carbocycles. The van der Waals surface area contributed by atoms with Crippen molar-refractivity contribution in [3.8, 4) is 0 Å². The van der Waals surface area contributed by atoms with E-state index in [9.17, 15) is 22.4 Å². The van der Waals surface area contributed by atoms with E-state index in [2.05, 4.69) is 4.72 Å². The van der Waals surface area contributed by atoms with E-state index in [1.54, 1.807) is 59.5 Å². The van der Waals surface area contributed by atoms with Gasteiger partial charge in [-0.05, 0) is 61.5 Å². The van der Waals surface area contributed by atoms with Crippen LogP contribution in [0.1, 0.15) is 27.6 Å². The quantitative estimate of drug-likeness (QED) is 0.542. The molecule has 0 spiro atoms. The van der Waals surface area contributed by atoms with Crippen molar-refractivity contribution in [2.75, 3.05) is 35.8 Å². The molecule has 1 heterocycles. The summed E-state index contributed by atoms with van der Waals surface area (Å²) < 4.78 is 41.9. The van der Waals surface area contributed by atoms with Crippen LogP contribution >= 0.6 is 0 Å². The lowest BCUT2D eigenvalue weighted by Crippen LogP contribution is -2.49. The summed E-state index contributed by atoms with van der Waals surface area (Å²) in [5.74, 6) is -0.828. The fraction of sp³-hybridized carbons (Fsp3) is 0.200. The second kappa shape index (κ2) is 9.64. The first-order chi connectivity index (χ1) is 16.2. The molecular weight excluding hydrogens is 457 g/mol. The Kier molecular flexibility index (Phi) is 6.65. The van der Waals surface area contributed by atoms with Crippen LogP contribution in [0.15, 0.2) is 77.7 Å². The highest BCUT2D eigenvalue weighted by molar-refractivity contribution is 7.92. The van der Waals surface area contributed by atoms with Gasteiger partial charge >= 0.3 is 0 Å². The molecule has 7 nitrogen and oxygen atoms in total. The Morgan fingerprint density at radius 3 is 2.06 bits per heavy atom. The van der Waals surface area contributed by atoms with Crippen LogP contribution < -0.4 is 9.62 Å². The third-order valence-corrected chi connectivity index (χ3v) is 7.10. The number of carbonyl (C=O) groups excluding carboxylic acids is 2. The number of halogens is 1. The number of rotatable bonds is 6. The standard InChI is InChI=1S/C25H24FN3O4S/c1-18(30)20-9-12-24(23(26)17-20)28-13-15-29(16-14-28)25(31)19-7-10-21(11-8-19)27-34(32,33)22-5-3-2-4-6-22/h2-12,17,27H,13-16H2,1H3. The van der Waals surface area contributed by atoms with Crippen LogP contribution in [0.3, 0.4) is 0 Å². The van der Waals surface area contributed by atoms with Gasteiger partial charge in [0.05, 0.1) is 10.6 Å². The van der Waals surface area contributed by atoms with E-state index in [4.69, 9.17) is 0 Å². The molecule has 34 heavy (non-hydrogen) atoms. The molecule has 0 radical (unpaired) electrons. The highest BCUT2D eigenvalue weighted by Gasteiger charge is 2.24. The minimum absolute atomic E-state index is 0.153. The van der Waals surface area contributed by atoms with Gasteiger partial charge < -0.3 is 9.80 Å². The number of hydrogen-bond acceptors (Lipinski definition) is 5. The summed E-state index contributed by atoms with van der Waals surface area (Å²) in [4.78, 5) is 28.0. The van der Waals surface area contributed by atoms with E-state index >= 15 is 0 Å². The van der Waals surface area contributed by atoms with Gasteiger partial charge in [0.15, 0.2) is 5.78 Å². The van der Waals surface area contributed by atoms with Crippen LogP contribution in [0.25, 0.3) is 0 Å². The van der Waals surface area contributed by atoms with E-state index in [0.717, 1.165) is 0 Å². The maximum absolute atomic E-state index is 14.5. The van der Waals surface area contributed by atoms with E-state index < -0.39 is 15.8 Å². The molecule has 3 aromatic carbocycles. The SMILES string of the molecule is CC(=O)c1ccc(N2CCN(C(=O)c3ccc(NS(=O)(=O)c4ccccc4)cc3)CC2)c(F)c1. The van der Waals surface area contributed by atoms with Gasteiger partial charge in [-0.2, -0.15) is 0 Å². The molecule has 3 aromatic rings. The van der Waals surface area contributed by atoms with Crippen molar-refractivity contribution >= 4 is 33.1 Å². The van der Waals surface area contributed by atoms with Crippen molar-refractivity contribution in [3.05, 3.63) is 89.7 Å². The van der Waals surface area contributed by atoms with Crippen molar-refractivity contribution in [2.24, 2.45) is 0 Å². The minimum atomic E-state index is -3.71. The summed E-state index contributed by atoms with van der Waals surface area (Å²) in [5.41, 5.74) is 1.53. The molecule has 1 N–H and O–H groups in total.